The first-order valence-corrected chi connectivity index (χ1v) is 15.8. The van der Waals surface area contributed by atoms with Crippen LogP contribution in [-0.4, -0.2) is 90.9 Å². The van der Waals surface area contributed by atoms with Crippen molar-refractivity contribution >= 4 is 62.2 Å². The molecule has 0 amide bonds. The summed E-state index contributed by atoms with van der Waals surface area (Å²) in [5, 5.41) is 2.39. The quantitative estimate of drug-likeness (QED) is 0.149. The molecule has 2 N–H and O–H groups in total. The van der Waals surface area contributed by atoms with E-state index in [9.17, 15) is 17.4 Å². The van der Waals surface area contributed by atoms with Gasteiger partial charge in [-0.2, -0.15) is 12.6 Å². The van der Waals surface area contributed by atoms with Gasteiger partial charge in [-0.15, -0.1) is 11.8 Å². The first kappa shape index (κ1) is 28.9. The molecule has 2 aliphatic rings. The van der Waals surface area contributed by atoms with Crippen molar-refractivity contribution in [2.45, 2.75) is 12.8 Å². The van der Waals surface area contributed by atoms with Crippen molar-refractivity contribution in [3.63, 3.8) is 0 Å². The van der Waals surface area contributed by atoms with Gasteiger partial charge in [-0.25, -0.2) is 9.37 Å². The summed E-state index contributed by atoms with van der Waals surface area (Å²) in [6.45, 7) is 3.06. The second kappa shape index (κ2) is 13.8. The van der Waals surface area contributed by atoms with Gasteiger partial charge in [-0.1, -0.05) is 11.8 Å². The van der Waals surface area contributed by atoms with Gasteiger partial charge in [0, 0.05) is 38.4 Å². The normalized spacial score (nSPS) is 20.1. The Morgan fingerprint density at radius 1 is 1.22 bits per heavy atom. The van der Waals surface area contributed by atoms with Crippen molar-refractivity contribution in [3.05, 3.63) is 44.6 Å². The van der Waals surface area contributed by atoms with Crippen molar-refractivity contribution in [2.75, 3.05) is 50.0 Å². The zero-order chi connectivity index (χ0) is 26.1. The molecule has 3 rings (SSSR count). The van der Waals surface area contributed by atoms with Crippen LogP contribution in [0.1, 0.15) is 12.8 Å². The topological polar surface area (TPSA) is 142 Å². The Bertz CT molecular complexity index is 1330. The fourth-order valence-electron chi connectivity index (χ4n) is 3.66. The first-order chi connectivity index (χ1) is 17.1. The maximum atomic E-state index is 12.4. The molecule has 1 unspecified atom stereocenters. The molecule has 36 heavy (non-hydrogen) atoms. The highest BCUT2D eigenvalue weighted by molar-refractivity contribution is 8.14. The second-order valence-corrected chi connectivity index (χ2v) is 12.4. The van der Waals surface area contributed by atoms with Crippen molar-refractivity contribution in [2.24, 2.45) is 7.05 Å². The van der Waals surface area contributed by atoms with Gasteiger partial charge in [-0.05, 0) is 30.7 Å². The third-order valence-corrected chi connectivity index (χ3v) is 8.72. The first-order valence-electron chi connectivity index (χ1n) is 11.2. The van der Waals surface area contributed by atoms with Gasteiger partial charge < -0.3 is 13.9 Å². The molecule has 1 fully saturated rings. The Balaban J connectivity index is 1.69. The van der Waals surface area contributed by atoms with Crippen LogP contribution in [-0.2, 0) is 32.7 Å². The predicted octanol–water partition coefficient (Wildman–Crippen LogP) is -0.0352. The van der Waals surface area contributed by atoms with Gasteiger partial charge in [0.15, 0.2) is 6.54 Å². The van der Waals surface area contributed by atoms with Gasteiger partial charge in [0.1, 0.15) is 11.9 Å². The van der Waals surface area contributed by atoms with Crippen LogP contribution in [0.5, 0.6) is 0 Å². The minimum atomic E-state index is -3.98. The molecule has 1 saturated heterocycles. The molecule has 2 aliphatic heterocycles. The maximum absolute atomic E-state index is 12.4. The summed E-state index contributed by atoms with van der Waals surface area (Å²) in [7, 11) is -2.23. The van der Waals surface area contributed by atoms with Crippen molar-refractivity contribution in [3.8, 4) is 0 Å². The lowest BCUT2D eigenvalue weighted by Crippen LogP contribution is -2.29. The van der Waals surface area contributed by atoms with Crippen LogP contribution >= 0.6 is 23.5 Å². The van der Waals surface area contributed by atoms with E-state index in [0.717, 1.165) is 34.7 Å². The molecule has 3 heterocycles. The monoisotopic (exact) mass is 580 g/mol. The summed E-state index contributed by atoms with van der Waals surface area (Å²) in [6, 6.07) is 0. The summed E-state index contributed by atoms with van der Waals surface area (Å²) < 4.78 is 63.9. The van der Waals surface area contributed by atoms with E-state index < -0.39 is 27.1 Å². The van der Waals surface area contributed by atoms with E-state index in [0.29, 0.717) is 36.8 Å². The largest absolute Gasteiger partial charge is 0.405 e. The molecule has 0 aliphatic carbocycles. The molecule has 0 bridgehead atoms. The summed E-state index contributed by atoms with van der Waals surface area (Å²) in [5.41, 5.74) is -0.0559. The number of thioether (sulfide) groups is 2. The number of hydrogen-bond donors (Lipinski definition) is 2. The number of hydrogen-bond acceptors (Lipinski definition) is 9. The van der Waals surface area contributed by atoms with E-state index in [-0.39, 0.29) is 12.4 Å². The number of oxazole rings is 1. The van der Waals surface area contributed by atoms with Crippen LogP contribution in [0.4, 0.5) is 0 Å². The van der Waals surface area contributed by atoms with Gasteiger partial charge in [-0.3, -0.25) is 13.3 Å². The molecule has 200 valence electrons. The SMILES string of the molecule is Cn1c(=C/C=C2/SCCN2CCCS(=O)(=O)O)c(=O)o/c1=C/C=C/C1=[N+](CCCOS(=O)O)CCS1. The van der Waals surface area contributed by atoms with E-state index >= 15 is 0 Å². The Kier molecular flexibility index (Phi) is 11.1. The third kappa shape index (κ3) is 9.04. The zero-order valence-electron chi connectivity index (χ0n) is 19.8. The number of allylic oxidation sites excluding steroid dienone is 2. The Labute approximate surface area is 220 Å². The molecular weight excluding hydrogens is 551 g/mol. The zero-order valence-corrected chi connectivity index (χ0v) is 23.0. The molecule has 1 aromatic heterocycles. The van der Waals surface area contributed by atoms with E-state index in [1.165, 1.54) is 0 Å². The van der Waals surface area contributed by atoms with Gasteiger partial charge >= 0.3 is 17.0 Å². The molecule has 1 atom stereocenters. The standard InChI is InChI=1S/C21H29N3O8S4/c1-22-17(7-8-20-24(12-15-34-20)10-4-16-36(28,29)30)21(25)32-18(22)5-2-6-19-23(11-14-33-19)9-3-13-31-35(26)27/h2,5-8H,3-4,9-16H2,1H3,(H-,26,27,28,29,30)/p+1/b17-7?,20-8+. The van der Waals surface area contributed by atoms with E-state index in [1.807, 2.05) is 23.1 Å². The minimum absolute atomic E-state index is 0.207. The predicted molar refractivity (Wildman–Crippen MR) is 143 cm³/mol. The molecule has 0 aromatic carbocycles. The highest BCUT2D eigenvalue weighted by atomic mass is 32.2. The molecule has 1 aromatic rings. The lowest BCUT2D eigenvalue weighted by Gasteiger charge is -2.17. The van der Waals surface area contributed by atoms with Gasteiger partial charge in [0.2, 0.25) is 10.6 Å². The van der Waals surface area contributed by atoms with Crippen LogP contribution in [0.2, 0.25) is 0 Å². The van der Waals surface area contributed by atoms with Gasteiger partial charge in [0.25, 0.3) is 10.1 Å². The number of nitrogens with zero attached hydrogens (tertiary/aromatic N) is 3. The third-order valence-electron chi connectivity index (χ3n) is 5.39. The number of rotatable bonds is 12. The molecule has 0 saturated carbocycles. The van der Waals surface area contributed by atoms with Crippen LogP contribution in [0, 0.1) is 0 Å². The lowest BCUT2D eigenvalue weighted by atomic mass is 10.4. The van der Waals surface area contributed by atoms with Crippen molar-refractivity contribution in [1.82, 2.24) is 9.47 Å². The van der Waals surface area contributed by atoms with Crippen molar-refractivity contribution < 1.29 is 34.9 Å². The van der Waals surface area contributed by atoms with E-state index in [2.05, 4.69) is 8.76 Å². The maximum Gasteiger partial charge on any atom is 0.361 e. The van der Waals surface area contributed by atoms with Crippen LogP contribution < -0.4 is 16.5 Å². The average Bonchev–Trinajstić information content (AvgIpc) is 3.50. The number of aromatic nitrogens is 1. The minimum Gasteiger partial charge on any atom is -0.405 e. The summed E-state index contributed by atoms with van der Waals surface area (Å²) in [5.74, 6) is 1.53. The molecular formula is C21H30N3O8S4+. The lowest BCUT2D eigenvalue weighted by molar-refractivity contribution is -0.517. The second-order valence-electron chi connectivity index (χ2n) is 7.91. The van der Waals surface area contributed by atoms with Crippen LogP contribution in [0.3, 0.4) is 0 Å². The Morgan fingerprint density at radius 3 is 2.78 bits per heavy atom. The molecule has 11 nitrogen and oxygen atoms in total. The average molecular weight is 581 g/mol. The van der Waals surface area contributed by atoms with Crippen molar-refractivity contribution in [1.29, 1.82) is 0 Å². The fourth-order valence-corrected chi connectivity index (χ4v) is 6.52. The highest BCUT2D eigenvalue weighted by Crippen LogP contribution is 2.27. The van der Waals surface area contributed by atoms with E-state index in [1.54, 1.807) is 47.3 Å². The highest BCUT2D eigenvalue weighted by Gasteiger charge is 2.20. The molecule has 0 spiro atoms. The smallest absolute Gasteiger partial charge is 0.361 e. The fraction of sp³-hybridized carbons (Fsp3) is 0.524. The summed E-state index contributed by atoms with van der Waals surface area (Å²) in [6.07, 6.45) is 9.97. The van der Waals surface area contributed by atoms with E-state index in [4.69, 9.17) is 13.5 Å². The van der Waals surface area contributed by atoms with Crippen LogP contribution in [0.15, 0.2) is 32.5 Å². The Morgan fingerprint density at radius 2 is 2.03 bits per heavy atom. The Hall–Kier alpha value is -1.62. The summed E-state index contributed by atoms with van der Waals surface area (Å²) in [4.78, 5) is 14.5. The molecule has 0 radical (unpaired) electrons. The molecule has 15 heteroatoms. The van der Waals surface area contributed by atoms with Gasteiger partial charge in [0.05, 0.1) is 23.1 Å². The summed E-state index contributed by atoms with van der Waals surface area (Å²) >= 11 is 1.09. The van der Waals surface area contributed by atoms with Crippen LogP contribution in [0.25, 0.3) is 12.2 Å².